The van der Waals surface area contributed by atoms with Gasteiger partial charge < -0.3 is 0 Å². The molecule has 0 bridgehead atoms. The van der Waals surface area contributed by atoms with Crippen molar-refractivity contribution in [2.75, 3.05) is 5.75 Å². The fraction of sp³-hybridized carbons (Fsp3) is 1.00. The Bertz CT molecular complexity index is 122. The molecule has 0 atom stereocenters. The van der Waals surface area contributed by atoms with Gasteiger partial charge in [-0.3, -0.25) is 0 Å². The molecular weight excluding hydrogens is 206 g/mol. The number of hydrogen-bond acceptors (Lipinski definition) is 1. The monoisotopic (exact) mass is 212 g/mol. The molecule has 74 valence electrons. The highest BCUT2D eigenvalue weighted by Crippen LogP contribution is 2.41. The second-order valence-electron chi connectivity index (χ2n) is 1.92. The molecule has 0 saturated heterocycles. The molecule has 0 saturated carbocycles. The molecule has 7 heteroatoms. The normalized spacial score (nSPS) is 14.0. The molecule has 0 N–H and O–H groups in total. The maximum absolute atomic E-state index is 11.7. The van der Waals surface area contributed by atoms with Crippen LogP contribution in [0, 0.1) is 0 Å². The van der Waals surface area contributed by atoms with Crippen LogP contribution in [0.3, 0.4) is 0 Å². The van der Waals surface area contributed by atoms with Crippen molar-refractivity contribution in [1.82, 2.24) is 0 Å². The summed E-state index contributed by atoms with van der Waals surface area (Å²) in [6.45, 7) is 1.25. The third-order valence-electron chi connectivity index (χ3n) is 0.928. The highest BCUT2D eigenvalue weighted by atomic mass is 32.2. The van der Waals surface area contributed by atoms with E-state index in [0.717, 1.165) is 0 Å². The molecule has 0 nitrogen and oxygen atoms in total. The summed E-state index contributed by atoms with van der Waals surface area (Å²) in [5.74, 6) is -0.219. The minimum absolute atomic E-state index is 0.160. The van der Waals surface area contributed by atoms with Gasteiger partial charge >= 0.3 is 12.4 Å². The average molecular weight is 212 g/mol. The first-order valence-corrected chi connectivity index (χ1v) is 3.99. The van der Waals surface area contributed by atoms with Gasteiger partial charge in [-0.15, -0.1) is 11.8 Å². The predicted molar refractivity (Wildman–Crippen MR) is 34.0 cm³/mol. The van der Waals surface area contributed by atoms with Gasteiger partial charge in [0.2, 0.25) is 0 Å². The lowest BCUT2D eigenvalue weighted by Gasteiger charge is -2.21. The maximum Gasteiger partial charge on any atom is 0.409 e. The lowest BCUT2D eigenvalue weighted by atomic mass is 10.4. The Morgan fingerprint density at radius 1 is 1.00 bits per heavy atom. The van der Waals surface area contributed by atoms with Gasteiger partial charge in [0.1, 0.15) is 0 Å². The minimum atomic E-state index is -5.21. The Morgan fingerprint density at radius 3 is 1.42 bits per heavy atom. The molecule has 0 aliphatic rings. The molecule has 0 aliphatic heterocycles. The summed E-state index contributed by atoms with van der Waals surface area (Å²) in [5.41, 5.74) is 0. The first kappa shape index (κ1) is 11.9. The number of rotatable bonds is 2. The van der Waals surface area contributed by atoms with E-state index in [-0.39, 0.29) is 17.5 Å². The Kier molecular flexibility index (Phi) is 3.74. The number of hydrogen-bond donors (Lipinski definition) is 0. The fourth-order valence-corrected chi connectivity index (χ4v) is 1.25. The van der Waals surface area contributed by atoms with Crippen molar-refractivity contribution in [2.45, 2.75) is 24.5 Å². The Hall–Kier alpha value is -0.0700. The molecule has 0 aliphatic carbocycles. The van der Waals surface area contributed by atoms with Crippen LogP contribution in [-0.2, 0) is 0 Å². The van der Waals surface area contributed by atoms with Crippen LogP contribution in [0.4, 0.5) is 26.3 Å². The van der Waals surface area contributed by atoms with E-state index in [1.807, 2.05) is 0 Å². The molecule has 12 heavy (non-hydrogen) atoms. The van der Waals surface area contributed by atoms with Crippen LogP contribution in [0.1, 0.15) is 6.92 Å². The van der Waals surface area contributed by atoms with E-state index in [4.69, 9.17) is 0 Å². The van der Waals surface area contributed by atoms with E-state index in [2.05, 4.69) is 0 Å². The summed E-state index contributed by atoms with van der Waals surface area (Å²) in [4.78, 5) is 0. The van der Waals surface area contributed by atoms with Gasteiger partial charge in [-0.05, 0) is 5.75 Å². The van der Waals surface area contributed by atoms with Crippen LogP contribution in [-0.4, -0.2) is 23.4 Å². The summed E-state index contributed by atoms with van der Waals surface area (Å²) in [7, 11) is 0. The van der Waals surface area contributed by atoms with E-state index in [0.29, 0.717) is 0 Å². The molecule has 0 radical (unpaired) electrons. The van der Waals surface area contributed by atoms with Crippen LogP contribution >= 0.6 is 11.8 Å². The summed E-state index contributed by atoms with van der Waals surface area (Å²) < 4.78 is 70.0. The highest BCUT2D eigenvalue weighted by Gasteiger charge is 2.56. The number of thioether (sulfide) groups is 1. The molecule has 0 aromatic heterocycles. The van der Waals surface area contributed by atoms with E-state index in [9.17, 15) is 26.3 Å². The van der Waals surface area contributed by atoms with Crippen LogP contribution < -0.4 is 0 Å². The van der Waals surface area contributed by atoms with E-state index in [1.165, 1.54) is 6.92 Å². The third kappa shape index (κ3) is 3.55. The van der Waals surface area contributed by atoms with Crippen molar-refractivity contribution in [2.24, 2.45) is 0 Å². The molecule has 0 heterocycles. The summed E-state index contributed by atoms with van der Waals surface area (Å²) in [5, 5.41) is -3.25. The van der Waals surface area contributed by atoms with Crippen LogP contribution in [0.25, 0.3) is 0 Å². The zero-order valence-electron chi connectivity index (χ0n) is 5.96. The Morgan fingerprint density at radius 2 is 1.33 bits per heavy atom. The van der Waals surface area contributed by atoms with Gasteiger partial charge in [-0.2, -0.15) is 26.3 Å². The van der Waals surface area contributed by atoms with Crippen molar-refractivity contribution in [1.29, 1.82) is 0 Å². The topological polar surface area (TPSA) is 0 Å². The van der Waals surface area contributed by atoms with Crippen molar-refractivity contribution >= 4 is 11.8 Å². The lowest BCUT2D eigenvalue weighted by Crippen LogP contribution is -2.39. The van der Waals surface area contributed by atoms with Crippen LogP contribution in [0.2, 0.25) is 0 Å². The van der Waals surface area contributed by atoms with Gasteiger partial charge in [0.05, 0.1) is 0 Å². The van der Waals surface area contributed by atoms with Gasteiger partial charge in [-0.1, -0.05) is 6.92 Å². The standard InChI is InChI=1S/C5H6F6S/c1-2-12-3(4(6,7)8)5(9,10)11/h3H,2H2,1H3. The van der Waals surface area contributed by atoms with Crippen molar-refractivity contribution in [3.63, 3.8) is 0 Å². The minimum Gasteiger partial charge on any atom is -0.169 e. The van der Waals surface area contributed by atoms with E-state index >= 15 is 0 Å². The lowest BCUT2D eigenvalue weighted by molar-refractivity contribution is -0.223. The maximum atomic E-state index is 11.7. The molecule has 0 aromatic rings. The van der Waals surface area contributed by atoms with Crippen LogP contribution in [0.5, 0.6) is 0 Å². The van der Waals surface area contributed by atoms with Gasteiger partial charge in [0, 0.05) is 0 Å². The first-order chi connectivity index (χ1) is 5.19. The SMILES string of the molecule is CCSC(C(F)(F)F)C(F)(F)F. The molecule has 0 spiro atoms. The Labute approximate surface area is 69.3 Å². The summed E-state index contributed by atoms with van der Waals surface area (Å²) >= 11 is -0.160. The zero-order chi connectivity index (χ0) is 9.99. The second kappa shape index (κ2) is 3.76. The molecule has 0 rings (SSSR count). The van der Waals surface area contributed by atoms with E-state index < -0.39 is 17.6 Å². The zero-order valence-corrected chi connectivity index (χ0v) is 6.78. The van der Waals surface area contributed by atoms with Crippen molar-refractivity contribution in [3.05, 3.63) is 0 Å². The smallest absolute Gasteiger partial charge is 0.169 e. The Balaban J connectivity index is 4.45. The fourth-order valence-electron chi connectivity index (χ4n) is 0.541. The quantitative estimate of drug-likeness (QED) is 0.633. The van der Waals surface area contributed by atoms with Gasteiger partial charge in [-0.25, -0.2) is 0 Å². The van der Waals surface area contributed by atoms with Gasteiger partial charge in [0.25, 0.3) is 0 Å². The molecule has 0 unspecified atom stereocenters. The number of alkyl halides is 6. The predicted octanol–water partition coefficient (Wildman–Crippen LogP) is 3.23. The second-order valence-corrected chi connectivity index (χ2v) is 3.30. The van der Waals surface area contributed by atoms with Crippen molar-refractivity contribution in [3.8, 4) is 0 Å². The molecule has 0 amide bonds. The molecular formula is C5H6F6S. The third-order valence-corrected chi connectivity index (χ3v) is 2.13. The molecule has 0 fully saturated rings. The summed E-state index contributed by atoms with van der Waals surface area (Å²) in [6, 6.07) is 0. The summed E-state index contributed by atoms with van der Waals surface area (Å²) in [6.07, 6.45) is -10.4. The number of halogens is 6. The average Bonchev–Trinajstić information content (AvgIpc) is 1.77. The van der Waals surface area contributed by atoms with Gasteiger partial charge in [0.15, 0.2) is 5.25 Å². The highest BCUT2D eigenvalue weighted by molar-refractivity contribution is 8.00. The molecule has 0 aromatic carbocycles. The van der Waals surface area contributed by atoms with Crippen molar-refractivity contribution < 1.29 is 26.3 Å². The first-order valence-electron chi connectivity index (χ1n) is 2.94. The van der Waals surface area contributed by atoms with Crippen LogP contribution in [0.15, 0.2) is 0 Å². The van der Waals surface area contributed by atoms with E-state index in [1.54, 1.807) is 0 Å². The largest absolute Gasteiger partial charge is 0.409 e.